The summed E-state index contributed by atoms with van der Waals surface area (Å²) in [6.45, 7) is 4.34. The minimum atomic E-state index is -0.358. The molecule has 1 saturated heterocycles. The lowest BCUT2D eigenvalue weighted by molar-refractivity contribution is 0.160. The van der Waals surface area contributed by atoms with Gasteiger partial charge in [0, 0.05) is 25.8 Å². The second-order valence-electron chi connectivity index (χ2n) is 5.30. The number of aliphatic hydroxyl groups is 1. The third-order valence-corrected chi connectivity index (χ3v) is 3.67. The number of rotatable bonds is 6. The van der Waals surface area contributed by atoms with Gasteiger partial charge in [0.25, 0.3) is 0 Å². The SMILES string of the molecule is CCC(O)CCNC(=O)Nc1cccnc1N1CCCC1. The summed E-state index contributed by atoms with van der Waals surface area (Å²) in [5.41, 5.74) is 0.730. The van der Waals surface area contributed by atoms with Crippen molar-refractivity contribution < 1.29 is 9.90 Å². The van der Waals surface area contributed by atoms with E-state index in [0.717, 1.165) is 37.4 Å². The first-order chi connectivity index (χ1) is 10.2. The maximum absolute atomic E-state index is 11.9. The van der Waals surface area contributed by atoms with Crippen molar-refractivity contribution in [3.63, 3.8) is 0 Å². The van der Waals surface area contributed by atoms with E-state index >= 15 is 0 Å². The van der Waals surface area contributed by atoms with Crippen LogP contribution in [0, 0.1) is 0 Å². The number of aliphatic hydroxyl groups excluding tert-OH is 1. The zero-order chi connectivity index (χ0) is 15.1. The summed E-state index contributed by atoms with van der Waals surface area (Å²) in [6, 6.07) is 3.42. The number of hydrogen-bond acceptors (Lipinski definition) is 4. The molecule has 2 amide bonds. The van der Waals surface area contributed by atoms with Crippen LogP contribution in [-0.4, -0.2) is 41.9 Å². The molecular formula is C15H24N4O2. The van der Waals surface area contributed by atoms with Crippen LogP contribution in [0.2, 0.25) is 0 Å². The topological polar surface area (TPSA) is 77.5 Å². The summed E-state index contributed by atoms with van der Waals surface area (Å²) in [6.07, 6.45) is 4.98. The molecule has 6 nitrogen and oxygen atoms in total. The number of aromatic nitrogens is 1. The van der Waals surface area contributed by atoms with Crippen LogP contribution in [0.3, 0.4) is 0 Å². The van der Waals surface area contributed by atoms with Crippen LogP contribution in [0.25, 0.3) is 0 Å². The highest BCUT2D eigenvalue weighted by Crippen LogP contribution is 2.25. The van der Waals surface area contributed by atoms with Crippen LogP contribution >= 0.6 is 0 Å². The number of hydrogen-bond donors (Lipinski definition) is 3. The van der Waals surface area contributed by atoms with Crippen LogP contribution in [0.5, 0.6) is 0 Å². The number of pyridine rings is 1. The molecule has 0 spiro atoms. The Morgan fingerprint density at radius 3 is 2.95 bits per heavy atom. The average Bonchev–Trinajstić information content (AvgIpc) is 3.01. The first kappa shape index (κ1) is 15.6. The largest absolute Gasteiger partial charge is 0.393 e. The monoisotopic (exact) mass is 292 g/mol. The fraction of sp³-hybridized carbons (Fsp3) is 0.600. The van der Waals surface area contributed by atoms with E-state index in [0.29, 0.717) is 19.4 Å². The van der Waals surface area contributed by atoms with Crippen molar-refractivity contribution in [1.29, 1.82) is 0 Å². The molecule has 1 atom stereocenters. The Balaban J connectivity index is 1.88. The highest BCUT2D eigenvalue weighted by Gasteiger charge is 2.17. The van der Waals surface area contributed by atoms with Gasteiger partial charge in [0.1, 0.15) is 0 Å². The second-order valence-corrected chi connectivity index (χ2v) is 5.30. The van der Waals surface area contributed by atoms with E-state index < -0.39 is 0 Å². The Labute approximate surface area is 125 Å². The van der Waals surface area contributed by atoms with Crippen LogP contribution in [0.15, 0.2) is 18.3 Å². The highest BCUT2D eigenvalue weighted by atomic mass is 16.3. The Hall–Kier alpha value is -1.82. The fourth-order valence-corrected chi connectivity index (χ4v) is 2.40. The summed E-state index contributed by atoms with van der Waals surface area (Å²) in [7, 11) is 0. The van der Waals surface area contributed by atoms with Crippen LogP contribution < -0.4 is 15.5 Å². The average molecular weight is 292 g/mol. The summed E-state index contributed by atoms with van der Waals surface area (Å²) in [5.74, 6) is 0.832. The van der Waals surface area contributed by atoms with Gasteiger partial charge < -0.3 is 20.6 Å². The lowest BCUT2D eigenvalue weighted by atomic mass is 10.2. The maximum Gasteiger partial charge on any atom is 0.319 e. The number of nitrogens with zero attached hydrogens (tertiary/aromatic N) is 2. The molecule has 2 heterocycles. The van der Waals surface area contributed by atoms with Gasteiger partial charge in [-0.1, -0.05) is 6.92 Å². The summed E-state index contributed by atoms with van der Waals surface area (Å²) < 4.78 is 0. The molecular weight excluding hydrogens is 268 g/mol. The number of nitrogens with one attached hydrogen (secondary N) is 2. The van der Waals surface area contributed by atoms with E-state index in [1.54, 1.807) is 6.20 Å². The molecule has 1 aromatic heterocycles. The summed E-state index contributed by atoms with van der Waals surface area (Å²) in [5, 5.41) is 15.1. The van der Waals surface area contributed by atoms with Gasteiger partial charge in [-0.05, 0) is 37.8 Å². The van der Waals surface area contributed by atoms with E-state index in [-0.39, 0.29) is 12.1 Å². The van der Waals surface area contributed by atoms with Crippen molar-refractivity contribution in [2.45, 2.75) is 38.7 Å². The quantitative estimate of drug-likeness (QED) is 0.749. The van der Waals surface area contributed by atoms with Crippen LogP contribution in [-0.2, 0) is 0 Å². The number of amides is 2. The van der Waals surface area contributed by atoms with Gasteiger partial charge in [0.2, 0.25) is 0 Å². The van der Waals surface area contributed by atoms with E-state index in [2.05, 4.69) is 20.5 Å². The lowest BCUT2D eigenvalue weighted by Gasteiger charge is -2.20. The first-order valence-electron chi connectivity index (χ1n) is 7.63. The molecule has 116 valence electrons. The minimum Gasteiger partial charge on any atom is -0.393 e. The molecule has 2 rings (SSSR count). The molecule has 3 N–H and O–H groups in total. The third-order valence-electron chi connectivity index (χ3n) is 3.67. The van der Waals surface area contributed by atoms with Gasteiger partial charge in [0.15, 0.2) is 5.82 Å². The van der Waals surface area contributed by atoms with Crippen molar-refractivity contribution in [2.24, 2.45) is 0 Å². The number of anilines is 2. The Morgan fingerprint density at radius 1 is 1.48 bits per heavy atom. The Kier molecular flexibility index (Phi) is 5.80. The zero-order valence-electron chi connectivity index (χ0n) is 12.5. The first-order valence-corrected chi connectivity index (χ1v) is 7.63. The molecule has 1 aromatic rings. The number of urea groups is 1. The molecule has 21 heavy (non-hydrogen) atoms. The molecule has 1 fully saturated rings. The smallest absolute Gasteiger partial charge is 0.319 e. The van der Waals surface area contributed by atoms with E-state index in [9.17, 15) is 9.90 Å². The summed E-state index contributed by atoms with van der Waals surface area (Å²) >= 11 is 0. The molecule has 0 bridgehead atoms. The predicted molar refractivity (Wildman–Crippen MR) is 83.6 cm³/mol. The molecule has 6 heteroatoms. The van der Waals surface area contributed by atoms with Gasteiger partial charge >= 0.3 is 6.03 Å². The lowest BCUT2D eigenvalue weighted by Crippen LogP contribution is -2.32. The van der Waals surface area contributed by atoms with Gasteiger partial charge in [-0.3, -0.25) is 0 Å². The van der Waals surface area contributed by atoms with Crippen molar-refractivity contribution in [3.8, 4) is 0 Å². The third kappa shape index (κ3) is 4.60. The van der Waals surface area contributed by atoms with E-state index in [4.69, 9.17) is 0 Å². The van der Waals surface area contributed by atoms with Crippen molar-refractivity contribution >= 4 is 17.5 Å². The molecule has 0 saturated carbocycles. The van der Waals surface area contributed by atoms with Crippen LogP contribution in [0.1, 0.15) is 32.6 Å². The minimum absolute atomic E-state index is 0.258. The van der Waals surface area contributed by atoms with Crippen LogP contribution in [0.4, 0.5) is 16.3 Å². The maximum atomic E-state index is 11.9. The number of carbonyl (C=O) groups excluding carboxylic acids is 1. The molecule has 0 aromatic carbocycles. The van der Waals surface area contributed by atoms with Crippen molar-refractivity contribution in [2.75, 3.05) is 29.9 Å². The molecule has 1 aliphatic heterocycles. The van der Waals surface area contributed by atoms with E-state index in [1.165, 1.54) is 0 Å². The predicted octanol–water partition coefficient (Wildman–Crippen LogP) is 1.96. The highest BCUT2D eigenvalue weighted by molar-refractivity contribution is 5.92. The van der Waals surface area contributed by atoms with Gasteiger partial charge in [-0.15, -0.1) is 0 Å². The van der Waals surface area contributed by atoms with Gasteiger partial charge in [0.05, 0.1) is 11.8 Å². The van der Waals surface area contributed by atoms with Crippen molar-refractivity contribution in [1.82, 2.24) is 10.3 Å². The Bertz CT molecular complexity index is 461. The van der Waals surface area contributed by atoms with Gasteiger partial charge in [-0.25, -0.2) is 9.78 Å². The fourth-order valence-electron chi connectivity index (χ4n) is 2.40. The summed E-state index contributed by atoms with van der Waals surface area (Å²) in [4.78, 5) is 18.5. The van der Waals surface area contributed by atoms with Crippen molar-refractivity contribution in [3.05, 3.63) is 18.3 Å². The Morgan fingerprint density at radius 2 is 2.24 bits per heavy atom. The van der Waals surface area contributed by atoms with E-state index in [1.807, 2.05) is 19.1 Å². The normalized spacial score (nSPS) is 15.8. The molecule has 1 unspecified atom stereocenters. The molecule has 1 aliphatic rings. The molecule has 0 aliphatic carbocycles. The van der Waals surface area contributed by atoms with Gasteiger partial charge in [-0.2, -0.15) is 0 Å². The second kappa shape index (κ2) is 7.83. The molecule has 0 radical (unpaired) electrons. The standard InChI is InChI=1S/C15H24N4O2/c1-2-12(20)7-9-17-15(21)18-13-6-5-8-16-14(13)19-10-3-4-11-19/h5-6,8,12,20H,2-4,7,9-11H2,1H3,(H2,17,18,21). The number of carbonyl (C=O) groups is 1. The zero-order valence-corrected chi connectivity index (χ0v) is 12.5.